The number of nitrogens with two attached hydrogens (primary N) is 1. The third kappa shape index (κ3) is 3.00. The van der Waals surface area contributed by atoms with Gasteiger partial charge < -0.3 is 11.1 Å². The van der Waals surface area contributed by atoms with Crippen LogP contribution in [0.2, 0.25) is 5.02 Å². The predicted molar refractivity (Wildman–Crippen MR) is 68.0 cm³/mol. The van der Waals surface area contributed by atoms with Gasteiger partial charge in [0.05, 0.1) is 17.8 Å². The Morgan fingerprint density at radius 2 is 2.32 bits per heavy atom. The molecule has 3 N–H and O–H groups in total. The van der Waals surface area contributed by atoms with Gasteiger partial charge in [-0.25, -0.2) is 9.37 Å². The molecule has 0 aliphatic heterocycles. The van der Waals surface area contributed by atoms with Gasteiger partial charge in [0.25, 0.3) is 5.91 Å². The van der Waals surface area contributed by atoms with Crippen molar-refractivity contribution in [3.8, 4) is 0 Å². The maximum atomic E-state index is 13.3. The smallest absolute Gasteiger partial charge is 0.253 e. The molecule has 100 valence electrons. The molecule has 2 rings (SSSR count). The highest BCUT2D eigenvalue weighted by molar-refractivity contribution is 6.31. The average molecular weight is 284 g/mol. The summed E-state index contributed by atoms with van der Waals surface area (Å²) in [5.41, 5.74) is 5.24. The van der Waals surface area contributed by atoms with Gasteiger partial charge >= 0.3 is 0 Å². The Morgan fingerprint density at radius 1 is 1.58 bits per heavy atom. The van der Waals surface area contributed by atoms with E-state index in [0.717, 1.165) is 6.07 Å². The van der Waals surface area contributed by atoms with Crippen LogP contribution in [0.4, 0.5) is 10.1 Å². The van der Waals surface area contributed by atoms with Gasteiger partial charge in [0, 0.05) is 12.1 Å². The van der Waals surface area contributed by atoms with Gasteiger partial charge in [-0.3, -0.25) is 9.48 Å². The van der Waals surface area contributed by atoms with E-state index in [1.54, 1.807) is 7.05 Å². The summed E-state index contributed by atoms with van der Waals surface area (Å²) in [6.45, 7) is 0.118. The van der Waals surface area contributed by atoms with E-state index >= 15 is 0 Å². The first kappa shape index (κ1) is 13.3. The number of halogens is 2. The molecule has 2 aromatic rings. The molecule has 1 aromatic carbocycles. The number of aryl methyl sites for hydroxylation is 1. The lowest BCUT2D eigenvalue weighted by Crippen LogP contribution is -2.24. The minimum atomic E-state index is -0.728. The van der Waals surface area contributed by atoms with Crippen LogP contribution in [-0.4, -0.2) is 20.7 Å². The van der Waals surface area contributed by atoms with Gasteiger partial charge in [0.2, 0.25) is 0 Å². The Morgan fingerprint density at radius 3 is 2.95 bits per heavy atom. The molecule has 8 heteroatoms. The number of amides is 1. The quantitative estimate of drug-likeness (QED) is 0.827. The molecule has 0 saturated heterocycles. The Balaban J connectivity index is 2.12. The van der Waals surface area contributed by atoms with E-state index in [-0.39, 0.29) is 22.8 Å². The minimum Gasteiger partial charge on any atom is -0.396 e. The monoisotopic (exact) mass is 283 g/mol. The standard InChI is InChI=1S/C11H11ClFN5O/c1-18-5-16-9(17-18)4-15-11(19)7-2-6(12)3-8(13)10(7)14/h2-3,5H,4,14H2,1H3,(H,15,19). The number of rotatable bonds is 3. The number of hydrogen-bond acceptors (Lipinski definition) is 4. The normalized spacial score (nSPS) is 10.5. The second-order valence-electron chi connectivity index (χ2n) is 3.87. The topological polar surface area (TPSA) is 85.8 Å². The van der Waals surface area contributed by atoms with E-state index in [9.17, 15) is 9.18 Å². The molecule has 0 aliphatic carbocycles. The van der Waals surface area contributed by atoms with Crippen LogP contribution in [0.3, 0.4) is 0 Å². The Kier molecular flexibility index (Phi) is 3.66. The van der Waals surface area contributed by atoms with Crippen LogP contribution < -0.4 is 11.1 Å². The molecule has 1 amide bonds. The molecule has 19 heavy (non-hydrogen) atoms. The number of nitrogens with zero attached hydrogens (tertiary/aromatic N) is 3. The molecule has 0 fully saturated rings. The fourth-order valence-electron chi connectivity index (χ4n) is 1.49. The van der Waals surface area contributed by atoms with E-state index < -0.39 is 11.7 Å². The first-order chi connectivity index (χ1) is 8.97. The van der Waals surface area contributed by atoms with Crippen LogP contribution in [0.25, 0.3) is 0 Å². The van der Waals surface area contributed by atoms with Crippen LogP contribution in [0, 0.1) is 5.82 Å². The van der Waals surface area contributed by atoms with Crippen LogP contribution in [-0.2, 0) is 13.6 Å². The summed E-state index contributed by atoms with van der Waals surface area (Å²) in [7, 11) is 1.71. The lowest BCUT2D eigenvalue weighted by Gasteiger charge is -2.07. The first-order valence-corrected chi connectivity index (χ1v) is 5.72. The van der Waals surface area contributed by atoms with Crippen molar-refractivity contribution in [2.24, 2.45) is 7.05 Å². The number of carbonyl (C=O) groups is 1. The molecule has 1 aromatic heterocycles. The molecule has 0 radical (unpaired) electrons. The van der Waals surface area contributed by atoms with Crippen molar-refractivity contribution in [2.45, 2.75) is 6.54 Å². The van der Waals surface area contributed by atoms with Crippen molar-refractivity contribution in [2.75, 3.05) is 5.73 Å². The number of benzene rings is 1. The van der Waals surface area contributed by atoms with E-state index in [1.165, 1.54) is 17.1 Å². The largest absolute Gasteiger partial charge is 0.396 e. The second-order valence-corrected chi connectivity index (χ2v) is 4.30. The predicted octanol–water partition coefficient (Wildman–Crippen LogP) is 1.12. The van der Waals surface area contributed by atoms with Crippen molar-refractivity contribution in [1.29, 1.82) is 0 Å². The number of aromatic nitrogens is 3. The van der Waals surface area contributed by atoms with E-state index in [0.29, 0.717) is 5.82 Å². The van der Waals surface area contributed by atoms with Gasteiger partial charge in [0.1, 0.15) is 12.1 Å². The summed E-state index contributed by atoms with van der Waals surface area (Å²) in [6, 6.07) is 2.36. The summed E-state index contributed by atoms with van der Waals surface area (Å²) < 4.78 is 14.9. The van der Waals surface area contributed by atoms with Crippen molar-refractivity contribution in [3.05, 3.63) is 40.7 Å². The maximum absolute atomic E-state index is 13.3. The van der Waals surface area contributed by atoms with E-state index in [2.05, 4.69) is 15.4 Å². The minimum absolute atomic E-state index is 0.0130. The van der Waals surface area contributed by atoms with Crippen LogP contribution in [0.15, 0.2) is 18.5 Å². The molecule has 0 saturated carbocycles. The first-order valence-electron chi connectivity index (χ1n) is 5.34. The summed E-state index contributed by atoms with van der Waals surface area (Å²) >= 11 is 5.68. The Bertz CT molecular complexity index is 628. The van der Waals surface area contributed by atoms with Gasteiger partial charge in [-0.05, 0) is 12.1 Å². The third-order valence-corrected chi connectivity index (χ3v) is 2.61. The maximum Gasteiger partial charge on any atom is 0.253 e. The van der Waals surface area contributed by atoms with Crippen LogP contribution in [0.1, 0.15) is 16.2 Å². The molecule has 0 aliphatic rings. The molecular formula is C11H11ClFN5O. The van der Waals surface area contributed by atoms with Gasteiger partial charge in [0.15, 0.2) is 5.82 Å². The molecule has 0 spiro atoms. The van der Waals surface area contributed by atoms with Crippen LogP contribution >= 0.6 is 11.6 Å². The van der Waals surface area contributed by atoms with E-state index in [4.69, 9.17) is 17.3 Å². The summed E-state index contributed by atoms with van der Waals surface area (Å²) in [6.07, 6.45) is 1.51. The summed E-state index contributed by atoms with van der Waals surface area (Å²) in [5, 5.41) is 6.64. The lowest BCUT2D eigenvalue weighted by atomic mass is 10.1. The summed E-state index contributed by atoms with van der Waals surface area (Å²) in [4.78, 5) is 15.8. The van der Waals surface area contributed by atoms with Crippen molar-refractivity contribution >= 4 is 23.2 Å². The highest BCUT2D eigenvalue weighted by Crippen LogP contribution is 2.21. The van der Waals surface area contributed by atoms with Gasteiger partial charge in [-0.2, -0.15) is 5.10 Å². The number of anilines is 1. The molecule has 1 heterocycles. The lowest BCUT2D eigenvalue weighted by molar-refractivity contribution is 0.0950. The number of carbonyl (C=O) groups excluding carboxylic acids is 1. The fourth-order valence-corrected chi connectivity index (χ4v) is 1.70. The number of nitrogens with one attached hydrogen (secondary N) is 1. The SMILES string of the molecule is Cn1cnc(CNC(=O)c2cc(Cl)cc(F)c2N)n1. The Hall–Kier alpha value is -2.15. The van der Waals surface area contributed by atoms with E-state index in [1.807, 2.05) is 0 Å². The highest BCUT2D eigenvalue weighted by Gasteiger charge is 2.14. The number of nitrogen functional groups attached to an aromatic ring is 1. The second kappa shape index (κ2) is 5.23. The third-order valence-electron chi connectivity index (χ3n) is 2.39. The molecule has 0 atom stereocenters. The van der Waals surface area contributed by atoms with Crippen molar-refractivity contribution in [1.82, 2.24) is 20.1 Å². The van der Waals surface area contributed by atoms with Gasteiger partial charge in [-0.15, -0.1) is 0 Å². The average Bonchev–Trinajstić information content (AvgIpc) is 2.76. The highest BCUT2D eigenvalue weighted by atomic mass is 35.5. The summed E-state index contributed by atoms with van der Waals surface area (Å²) in [5.74, 6) is -0.822. The fraction of sp³-hybridized carbons (Fsp3) is 0.182. The molecule has 6 nitrogen and oxygen atoms in total. The van der Waals surface area contributed by atoms with Crippen molar-refractivity contribution in [3.63, 3.8) is 0 Å². The molecular weight excluding hydrogens is 273 g/mol. The van der Waals surface area contributed by atoms with Crippen LogP contribution in [0.5, 0.6) is 0 Å². The zero-order valence-corrected chi connectivity index (χ0v) is 10.8. The molecule has 0 bridgehead atoms. The number of hydrogen-bond donors (Lipinski definition) is 2. The Labute approximate surface area is 113 Å². The zero-order chi connectivity index (χ0) is 14.0. The van der Waals surface area contributed by atoms with Crippen molar-refractivity contribution < 1.29 is 9.18 Å². The molecule has 0 unspecified atom stereocenters. The zero-order valence-electron chi connectivity index (χ0n) is 10.0. The van der Waals surface area contributed by atoms with Gasteiger partial charge in [-0.1, -0.05) is 11.6 Å².